The van der Waals surface area contributed by atoms with E-state index < -0.39 is 0 Å². The molecule has 0 aliphatic carbocycles. The van der Waals surface area contributed by atoms with E-state index in [4.69, 9.17) is 0 Å². The molecule has 0 N–H and O–H groups in total. The van der Waals surface area contributed by atoms with Crippen LogP contribution in [0.2, 0.25) is 0 Å². The first-order valence-electron chi connectivity index (χ1n) is 4.58. The molecule has 14 heavy (non-hydrogen) atoms. The Kier molecular flexibility index (Phi) is 2.46. The SMILES string of the molecule is Cc1cc(C)c(-n2cccc2)c(Br)c1. The summed E-state index contributed by atoms with van der Waals surface area (Å²) in [6.45, 7) is 4.24. The van der Waals surface area contributed by atoms with Crippen molar-refractivity contribution in [3.05, 3.63) is 52.3 Å². The Hall–Kier alpha value is -1.02. The lowest BCUT2D eigenvalue weighted by molar-refractivity contribution is 1.05. The highest BCUT2D eigenvalue weighted by Gasteiger charge is 2.05. The quantitative estimate of drug-likeness (QED) is 0.724. The van der Waals surface area contributed by atoms with Crippen LogP contribution in [0, 0.1) is 13.8 Å². The molecule has 0 atom stereocenters. The second kappa shape index (κ2) is 3.62. The molecule has 0 amide bonds. The third-order valence-electron chi connectivity index (χ3n) is 2.26. The number of nitrogens with zero attached hydrogens (tertiary/aromatic N) is 1. The normalized spacial score (nSPS) is 10.5. The van der Waals surface area contributed by atoms with Gasteiger partial charge in [-0.05, 0) is 59.1 Å². The topological polar surface area (TPSA) is 4.93 Å². The minimum atomic E-state index is 1.14. The molecule has 0 bridgehead atoms. The molecular formula is C12H12BrN. The lowest BCUT2D eigenvalue weighted by Crippen LogP contribution is -1.95. The van der Waals surface area contributed by atoms with Crippen molar-refractivity contribution in [2.24, 2.45) is 0 Å². The zero-order valence-electron chi connectivity index (χ0n) is 8.29. The Labute approximate surface area is 92.5 Å². The van der Waals surface area contributed by atoms with Gasteiger partial charge in [-0.15, -0.1) is 0 Å². The number of aryl methyl sites for hydroxylation is 2. The Bertz CT molecular complexity index is 420. The van der Waals surface area contributed by atoms with Crippen molar-refractivity contribution in [1.82, 2.24) is 4.57 Å². The lowest BCUT2D eigenvalue weighted by atomic mass is 10.1. The van der Waals surface area contributed by atoms with Crippen molar-refractivity contribution < 1.29 is 0 Å². The van der Waals surface area contributed by atoms with E-state index in [9.17, 15) is 0 Å². The van der Waals surface area contributed by atoms with Crippen LogP contribution in [0.4, 0.5) is 0 Å². The monoisotopic (exact) mass is 249 g/mol. The average Bonchev–Trinajstić information content (AvgIpc) is 2.54. The summed E-state index contributed by atoms with van der Waals surface area (Å²) in [5.41, 5.74) is 3.79. The molecule has 2 rings (SSSR count). The number of halogens is 1. The van der Waals surface area contributed by atoms with Crippen molar-refractivity contribution in [3.8, 4) is 5.69 Å². The Balaban J connectivity index is 2.64. The fourth-order valence-electron chi connectivity index (χ4n) is 1.72. The van der Waals surface area contributed by atoms with E-state index in [-0.39, 0.29) is 0 Å². The summed E-state index contributed by atoms with van der Waals surface area (Å²) in [5, 5.41) is 0. The number of hydrogen-bond donors (Lipinski definition) is 0. The summed E-state index contributed by atoms with van der Waals surface area (Å²) >= 11 is 3.60. The van der Waals surface area contributed by atoms with E-state index in [1.807, 2.05) is 12.1 Å². The Morgan fingerprint density at radius 3 is 2.29 bits per heavy atom. The van der Waals surface area contributed by atoms with Gasteiger partial charge in [-0.2, -0.15) is 0 Å². The van der Waals surface area contributed by atoms with Gasteiger partial charge in [0.25, 0.3) is 0 Å². The second-order valence-corrected chi connectivity index (χ2v) is 4.36. The number of benzene rings is 1. The van der Waals surface area contributed by atoms with Crippen LogP contribution in [-0.4, -0.2) is 4.57 Å². The van der Waals surface area contributed by atoms with Crippen LogP contribution >= 0.6 is 15.9 Å². The summed E-state index contributed by atoms with van der Waals surface area (Å²) in [6, 6.07) is 8.40. The van der Waals surface area contributed by atoms with E-state index in [1.165, 1.54) is 16.8 Å². The minimum absolute atomic E-state index is 1.14. The Morgan fingerprint density at radius 2 is 1.71 bits per heavy atom. The van der Waals surface area contributed by atoms with Crippen LogP contribution in [0.5, 0.6) is 0 Å². The van der Waals surface area contributed by atoms with E-state index in [2.05, 4.69) is 58.9 Å². The van der Waals surface area contributed by atoms with Gasteiger partial charge < -0.3 is 4.57 Å². The smallest absolute Gasteiger partial charge is 0.0621 e. The molecule has 0 aliphatic heterocycles. The summed E-state index contributed by atoms with van der Waals surface area (Å²) < 4.78 is 3.27. The van der Waals surface area contributed by atoms with Crippen LogP contribution < -0.4 is 0 Å². The predicted molar refractivity (Wildman–Crippen MR) is 62.9 cm³/mol. The predicted octanol–water partition coefficient (Wildman–Crippen LogP) is 3.86. The summed E-state index contributed by atoms with van der Waals surface area (Å²) in [6.07, 6.45) is 4.12. The van der Waals surface area contributed by atoms with Crippen molar-refractivity contribution in [3.63, 3.8) is 0 Å². The molecule has 2 heteroatoms. The van der Waals surface area contributed by atoms with Crippen molar-refractivity contribution in [2.75, 3.05) is 0 Å². The fourth-order valence-corrected chi connectivity index (χ4v) is 2.60. The highest BCUT2D eigenvalue weighted by molar-refractivity contribution is 9.10. The van der Waals surface area contributed by atoms with Crippen LogP contribution in [0.3, 0.4) is 0 Å². The van der Waals surface area contributed by atoms with Gasteiger partial charge in [-0.25, -0.2) is 0 Å². The van der Waals surface area contributed by atoms with Crippen LogP contribution in [-0.2, 0) is 0 Å². The van der Waals surface area contributed by atoms with Gasteiger partial charge in [-0.3, -0.25) is 0 Å². The minimum Gasteiger partial charge on any atom is -0.323 e. The maximum atomic E-state index is 3.60. The molecule has 1 nitrogen and oxygen atoms in total. The first kappa shape index (κ1) is 9.53. The number of aromatic nitrogens is 1. The lowest BCUT2D eigenvalue weighted by Gasteiger charge is -2.10. The van der Waals surface area contributed by atoms with E-state index in [0.29, 0.717) is 0 Å². The molecule has 2 aromatic rings. The van der Waals surface area contributed by atoms with Gasteiger partial charge in [0.15, 0.2) is 0 Å². The van der Waals surface area contributed by atoms with Gasteiger partial charge in [0.1, 0.15) is 0 Å². The molecular weight excluding hydrogens is 238 g/mol. The van der Waals surface area contributed by atoms with Crippen LogP contribution in [0.15, 0.2) is 41.1 Å². The summed E-state index contributed by atoms with van der Waals surface area (Å²) in [4.78, 5) is 0. The molecule has 1 aromatic heterocycles. The third kappa shape index (κ3) is 1.62. The average molecular weight is 250 g/mol. The van der Waals surface area contributed by atoms with Crippen molar-refractivity contribution >= 4 is 15.9 Å². The molecule has 0 aliphatic rings. The van der Waals surface area contributed by atoms with Gasteiger partial charge in [0, 0.05) is 16.9 Å². The molecule has 0 spiro atoms. The number of rotatable bonds is 1. The molecule has 1 heterocycles. The van der Waals surface area contributed by atoms with Gasteiger partial charge in [0.2, 0.25) is 0 Å². The summed E-state index contributed by atoms with van der Waals surface area (Å²) in [5.74, 6) is 0. The zero-order chi connectivity index (χ0) is 10.1. The fraction of sp³-hybridized carbons (Fsp3) is 0.167. The van der Waals surface area contributed by atoms with Crippen molar-refractivity contribution in [1.29, 1.82) is 0 Å². The van der Waals surface area contributed by atoms with Crippen molar-refractivity contribution in [2.45, 2.75) is 13.8 Å². The molecule has 0 saturated heterocycles. The highest BCUT2D eigenvalue weighted by Crippen LogP contribution is 2.26. The molecule has 1 aromatic carbocycles. The standard InChI is InChI=1S/C12H12BrN/c1-9-7-10(2)12(11(13)8-9)14-5-3-4-6-14/h3-8H,1-2H3. The molecule has 0 fully saturated rings. The number of hydrogen-bond acceptors (Lipinski definition) is 0. The first-order valence-corrected chi connectivity index (χ1v) is 5.38. The molecule has 0 radical (unpaired) electrons. The van der Waals surface area contributed by atoms with Gasteiger partial charge in [-0.1, -0.05) is 6.07 Å². The first-order chi connectivity index (χ1) is 6.68. The van der Waals surface area contributed by atoms with E-state index >= 15 is 0 Å². The van der Waals surface area contributed by atoms with Gasteiger partial charge >= 0.3 is 0 Å². The molecule has 0 saturated carbocycles. The largest absolute Gasteiger partial charge is 0.323 e. The van der Waals surface area contributed by atoms with Crippen LogP contribution in [0.25, 0.3) is 5.69 Å². The van der Waals surface area contributed by atoms with Gasteiger partial charge in [0.05, 0.1) is 5.69 Å². The molecule has 0 unspecified atom stereocenters. The second-order valence-electron chi connectivity index (χ2n) is 3.50. The maximum absolute atomic E-state index is 3.60. The Morgan fingerprint density at radius 1 is 1.07 bits per heavy atom. The highest BCUT2D eigenvalue weighted by atomic mass is 79.9. The zero-order valence-corrected chi connectivity index (χ0v) is 9.88. The van der Waals surface area contributed by atoms with Crippen LogP contribution in [0.1, 0.15) is 11.1 Å². The third-order valence-corrected chi connectivity index (χ3v) is 2.87. The molecule has 72 valence electrons. The van der Waals surface area contributed by atoms with E-state index in [0.717, 1.165) is 4.47 Å². The maximum Gasteiger partial charge on any atom is 0.0621 e. The summed E-state index contributed by atoms with van der Waals surface area (Å²) in [7, 11) is 0. The van der Waals surface area contributed by atoms with E-state index in [1.54, 1.807) is 0 Å².